The third-order valence-electron chi connectivity index (χ3n) is 3.99. The number of benzene rings is 1. The van der Waals surface area contributed by atoms with E-state index in [0.29, 0.717) is 12.0 Å². The zero-order valence-electron chi connectivity index (χ0n) is 11.0. The molecule has 0 saturated heterocycles. The van der Waals surface area contributed by atoms with Crippen molar-refractivity contribution in [3.8, 4) is 0 Å². The highest BCUT2D eigenvalue weighted by Gasteiger charge is 2.25. The van der Waals surface area contributed by atoms with Crippen molar-refractivity contribution < 1.29 is 8.78 Å². The van der Waals surface area contributed by atoms with Crippen LogP contribution in [0.1, 0.15) is 41.6 Å². The van der Waals surface area contributed by atoms with Crippen molar-refractivity contribution >= 4 is 0 Å². The van der Waals surface area contributed by atoms with Crippen molar-refractivity contribution in [1.82, 2.24) is 4.98 Å². The molecule has 3 rings (SSSR count). The normalized spacial score (nSPS) is 22.1. The molecule has 2 nitrogen and oxygen atoms in total. The first-order valence-corrected chi connectivity index (χ1v) is 6.80. The van der Waals surface area contributed by atoms with Gasteiger partial charge in [-0.2, -0.15) is 0 Å². The average molecular weight is 274 g/mol. The molecule has 1 aliphatic rings. The second kappa shape index (κ2) is 5.29. The van der Waals surface area contributed by atoms with E-state index in [1.807, 2.05) is 12.1 Å². The molecule has 0 amide bonds. The number of hydrogen-bond donors (Lipinski definition) is 1. The van der Waals surface area contributed by atoms with Gasteiger partial charge in [0.05, 0.1) is 5.69 Å². The molecule has 0 fully saturated rings. The van der Waals surface area contributed by atoms with E-state index in [-0.39, 0.29) is 12.0 Å². The average Bonchev–Trinajstić information content (AvgIpc) is 2.62. The predicted molar refractivity (Wildman–Crippen MR) is 73.2 cm³/mol. The lowest BCUT2D eigenvalue weighted by atomic mass is 9.90. The van der Waals surface area contributed by atoms with Crippen LogP contribution in [0.3, 0.4) is 0 Å². The smallest absolute Gasteiger partial charge is 0.162 e. The van der Waals surface area contributed by atoms with Crippen LogP contribution in [0.25, 0.3) is 0 Å². The van der Waals surface area contributed by atoms with Crippen LogP contribution in [0.5, 0.6) is 0 Å². The van der Waals surface area contributed by atoms with E-state index in [4.69, 9.17) is 5.73 Å². The Hall–Kier alpha value is -1.81. The molecule has 0 aliphatic heterocycles. The Morgan fingerprint density at radius 3 is 2.80 bits per heavy atom. The van der Waals surface area contributed by atoms with E-state index in [1.165, 1.54) is 0 Å². The molecule has 1 heterocycles. The van der Waals surface area contributed by atoms with Crippen molar-refractivity contribution in [3.63, 3.8) is 0 Å². The van der Waals surface area contributed by atoms with Crippen molar-refractivity contribution in [2.75, 3.05) is 0 Å². The molecule has 0 bridgehead atoms. The fourth-order valence-electron chi connectivity index (χ4n) is 2.94. The first-order chi connectivity index (χ1) is 9.66. The minimum Gasteiger partial charge on any atom is -0.323 e. The van der Waals surface area contributed by atoms with Gasteiger partial charge in [0.2, 0.25) is 0 Å². The quantitative estimate of drug-likeness (QED) is 0.809. The third kappa shape index (κ3) is 2.31. The number of fused-ring (bicyclic) bond motifs is 1. The second-order valence-electron chi connectivity index (χ2n) is 5.28. The maximum Gasteiger partial charge on any atom is 0.162 e. The molecule has 2 atom stereocenters. The van der Waals surface area contributed by atoms with Crippen LogP contribution < -0.4 is 5.73 Å². The van der Waals surface area contributed by atoms with Gasteiger partial charge < -0.3 is 5.73 Å². The maximum absolute atomic E-state index is 14.0. The van der Waals surface area contributed by atoms with E-state index in [9.17, 15) is 8.78 Å². The number of pyridine rings is 1. The first-order valence-electron chi connectivity index (χ1n) is 6.80. The van der Waals surface area contributed by atoms with Crippen molar-refractivity contribution in [3.05, 3.63) is 65.0 Å². The molecule has 0 spiro atoms. The summed E-state index contributed by atoms with van der Waals surface area (Å²) in [5.41, 5.74) is 8.48. The summed E-state index contributed by atoms with van der Waals surface area (Å²) < 4.78 is 27.4. The third-order valence-corrected chi connectivity index (χ3v) is 3.99. The number of nitrogens with zero attached hydrogens (tertiary/aromatic N) is 1. The Labute approximate surface area is 116 Å². The number of rotatable bonds is 1. The number of hydrogen-bond acceptors (Lipinski definition) is 2. The van der Waals surface area contributed by atoms with Crippen LogP contribution in [0.15, 0.2) is 36.5 Å². The van der Waals surface area contributed by atoms with Crippen LogP contribution in [-0.2, 0) is 6.42 Å². The summed E-state index contributed by atoms with van der Waals surface area (Å²) >= 11 is 0. The largest absolute Gasteiger partial charge is 0.323 e. The number of halogens is 2. The van der Waals surface area contributed by atoms with E-state index in [1.54, 1.807) is 18.3 Å². The van der Waals surface area contributed by atoms with Gasteiger partial charge >= 0.3 is 0 Å². The Morgan fingerprint density at radius 1 is 1.10 bits per heavy atom. The molecule has 0 radical (unpaired) electrons. The second-order valence-corrected chi connectivity index (χ2v) is 5.28. The zero-order valence-corrected chi connectivity index (χ0v) is 11.0. The zero-order chi connectivity index (χ0) is 14.1. The summed E-state index contributed by atoms with van der Waals surface area (Å²) in [5.74, 6) is -1.58. The molecule has 2 N–H and O–H groups in total. The molecule has 0 unspecified atom stereocenters. The van der Waals surface area contributed by atoms with Crippen LogP contribution in [0, 0.1) is 11.6 Å². The van der Waals surface area contributed by atoms with Crippen molar-refractivity contribution in [2.45, 2.75) is 31.2 Å². The molecule has 1 aliphatic carbocycles. The summed E-state index contributed by atoms with van der Waals surface area (Å²) in [6.45, 7) is 0. The van der Waals surface area contributed by atoms with Crippen LogP contribution in [-0.4, -0.2) is 4.98 Å². The fraction of sp³-hybridized carbons (Fsp3) is 0.312. The van der Waals surface area contributed by atoms with Crippen molar-refractivity contribution in [1.29, 1.82) is 0 Å². The Morgan fingerprint density at radius 2 is 1.95 bits per heavy atom. The van der Waals surface area contributed by atoms with E-state index in [2.05, 4.69) is 4.98 Å². The highest BCUT2D eigenvalue weighted by Crippen LogP contribution is 2.35. The fourth-order valence-corrected chi connectivity index (χ4v) is 2.94. The highest BCUT2D eigenvalue weighted by atomic mass is 19.2. The van der Waals surface area contributed by atoms with E-state index < -0.39 is 11.6 Å². The summed E-state index contributed by atoms with van der Waals surface area (Å²) in [6.07, 6.45) is 3.83. The SMILES string of the molecule is N[C@@H]1CC[C@H](c2cccc(F)c2F)Cc2cccnc21. The van der Waals surface area contributed by atoms with Gasteiger partial charge in [0, 0.05) is 12.2 Å². The molecule has 0 saturated carbocycles. The minimum absolute atomic E-state index is 0.0535. The molecule has 2 aromatic rings. The van der Waals surface area contributed by atoms with Gasteiger partial charge in [0.15, 0.2) is 11.6 Å². The molecular weight excluding hydrogens is 258 g/mol. The van der Waals surface area contributed by atoms with Gasteiger partial charge in [0.25, 0.3) is 0 Å². The topological polar surface area (TPSA) is 38.9 Å². The first kappa shape index (κ1) is 13.2. The van der Waals surface area contributed by atoms with Crippen LogP contribution in [0.2, 0.25) is 0 Å². The molecule has 20 heavy (non-hydrogen) atoms. The van der Waals surface area contributed by atoms with Gasteiger partial charge in [-0.3, -0.25) is 4.98 Å². The summed E-state index contributed by atoms with van der Waals surface area (Å²) in [7, 11) is 0. The van der Waals surface area contributed by atoms with Crippen molar-refractivity contribution in [2.24, 2.45) is 5.73 Å². The molecular formula is C16H16F2N2. The Balaban J connectivity index is 1.99. The summed E-state index contributed by atoms with van der Waals surface area (Å²) in [4.78, 5) is 4.34. The standard InChI is InChI=1S/C16H16F2N2/c17-13-5-1-4-12(15(13)18)10-6-7-14(19)16-11(9-10)3-2-8-20-16/h1-5,8,10,14H,6-7,9,19H2/t10-,14+/m0/s1. The lowest BCUT2D eigenvalue weighted by Gasteiger charge is -2.16. The van der Waals surface area contributed by atoms with E-state index >= 15 is 0 Å². The molecule has 104 valence electrons. The van der Waals surface area contributed by atoms with Gasteiger partial charge in [-0.25, -0.2) is 8.78 Å². The molecule has 4 heteroatoms. The van der Waals surface area contributed by atoms with Gasteiger partial charge in [-0.05, 0) is 48.4 Å². The summed E-state index contributed by atoms with van der Waals surface area (Å²) in [6, 6.07) is 8.07. The number of nitrogens with two attached hydrogens (primary N) is 1. The predicted octanol–water partition coefficient (Wildman–Crippen LogP) is 3.48. The van der Waals surface area contributed by atoms with Crippen LogP contribution >= 0.6 is 0 Å². The lowest BCUT2D eigenvalue weighted by molar-refractivity contribution is 0.474. The summed E-state index contributed by atoms with van der Waals surface area (Å²) in [5, 5.41) is 0. The van der Waals surface area contributed by atoms with Gasteiger partial charge in [0.1, 0.15) is 0 Å². The maximum atomic E-state index is 14.0. The van der Waals surface area contributed by atoms with Gasteiger partial charge in [-0.1, -0.05) is 18.2 Å². The highest BCUT2D eigenvalue weighted by molar-refractivity contribution is 5.30. The van der Waals surface area contributed by atoms with E-state index in [0.717, 1.165) is 30.2 Å². The monoisotopic (exact) mass is 274 g/mol. The Bertz CT molecular complexity index is 628. The van der Waals surface area contributed by atoms with Crippen LogP contribution in [0.4, 0.5) is 8.78 Å². The minimum atomic E-state index is -0.789. The van der Waals surface area contributed by atoms with Gasteiger partial charge in [-0.15, -0.1) is 0 Å². The number of aromatic nitrogens is 1. The Kier molecular flexibility index (Phi) is 3.49. The molecule has 1 aromatic carbocycles. The lowest BCUT2D eigenvalue weighted by Crippen LogP contribution is -2.12. The molecule has 1 aromatic heterocycles.